The lowest BCUT2D eigenvalue weighted by Gasteiger charge is -2.18. The van der Waals surface area contributed by atoms with Gasteiger partial charge in [-0.1, -0.05) is 20.8 Å². The van der Waals surface area contributed by atoms with Crippen LogP contribution in [0.1, 0.15) is 31.1 Å². The van der Waals surface area contributed by atoms with Crippen molar-refractivity contribution in [2.45, 2.75) is 20.8 Å². The van der Waals surface area contributed by atoms with E-state index in [1.54, 1.807) is 30.1 Å². The Morgan fingerprint density at radius 1 is 1.35 bits per heavy atom. The van der Waals surface area contributed by atoms with Gasteiger partial charge in [0, 0.05) is 18.2 Å². The molecule has 0 fully saturated rings. The SMILES string of the molecule is CN1CCOc2ccc(NC(=O)C(C)(C)C)cc2C1=O. The molecule has 1 N–H and O–H groups in total. The summed E-state index contributed by atoms with van der Waals surface area (Å²) in [7, 11) is 1.74. The normalized spacial score (nSPS) is 15.2. The minimum Gasteiger partial charge on any atom is -0.491 e. The van der Waals surface area contributed by atoms with E-state index in [4.69, 9.17) is 4.74 Å². The fourth-order valence-electron chi connectivity index (χ4n) is 1.82. The Labute approximate surface area is 118 Å². The summed E-state index contributed by atoms with van der Waals surface area (Å²) in [5, 5.41) is 2.82. The van der Waals surface area contributed by atoms with Crippen molar-refractivity contribution in [1.29, 1.82) is 0 Å². The number of hydrogen-bond acceptors (Lipinski definition) is 3. The smallest absolute Gasteiger partial charge is 0.257 e. The second kappa shape index (κ2) is 5.15. The van der Waals surface area contributed by atoms with E-state index in [0.717, 1.165) is 0 Å². The first-order valence-corrected chi connectivity index (χ1v) is 6.63. The zero-order valence-corrected chi connectivity index (χ0v) is 12.3. The van der Waals surface area contributed by atoms with Crippen LogP contribution in [-0.4, -0.2) is 36.9 Å². The Morgan fingerprint density at radius 2 is 2.05 bits per heavy atom. The molecule has 0 aliphatic carbocycles. The number of benzene rings is 1. The fourth-order valence-corrected chi connectivity index (χ4v) is 1.82. The first-order chi connectivity index (χ1) is 9.29. The first-order valence-electron chi connectivity index (χ1n) is 6.63. The van der Waals surface area contributed by atoms with Gasteiger partial charge in [-0.05, 0) is 18.2 Å². The highest BCUT2D eigenvalue weighted by molar-refractivity contribution is 6.00. The molecule has 0 saturated carbocycles. The number of carbonyl (C=O) groups is 2. The molecule has 2 rings (SSSR count). The van der Waals surface area contributed by atoms with E-state index >= 15 is 0 Å². The van der Waals surface area contributed by atoms with Crippen molar-refractivity contribution >= 4 is 17.5 Å². The van der Waals surface area contributed by atoms with Crippen LogP contribution in [0.3, 0.4) is 0 Å². The third-order valence-corrected chi connectivity index (χ3v) is 3.18. The van der Waals surface area contributed by atoms with Crippen LogP contribution < -0.4 is 10.1 Å². The zero-order chi connectivity index (χ0) is 14.9. The van der Waals surface area contributed by atoms with E-state index < -0.39 is 5.41 Å². The largest absolute Gasteiger partial charge is 0.491 e. The highest BCUT2D eigenvalue weighted by atomic mass is 16.5. The molecule has 2 amide bonds. The molecule has 1 heterocycles. The van der Waals surface area contributed by atoms with Crippen molar-refractivity contribution in [2.75, 3.05) is 25.5 Å². The van der Waals surface area contributed by atoms with Crippen LogP contribution in [0, 0.1) is 5.41 Å². The summed E-state index contributed by atoms with van der Waals surface area (Å²) >= 11 is 0. The molecular weight excluding hydrogens is 256 g/mol. The summed E-state index contributed by atoms with van der Waals surface area (Å²) in [6, 6.07) is 5.15. The van der Waals surface area contributed by atoms with Gasteiger partial charge in [0.2, 0.25) is 5.91 Å². The Morgan fingerprint density at radius 3 is 2.70 bits per heavy atom. The van der Waals surface area contributed by atoms with Crippen LogP contribution in [0.25, 0.3) is 0 Å². The van der Waals surface area contributed by atoms with Crippen molar-refractivity contribution in [2.24, 2.45) is 5.41 Å². The maximum atomic E-state index is 12.2. The van der Waals surface area contributed by atoms with E-state index in [2.05, 4.69) is 5.32 Å². The van der Waals surface area contributed by atoms with Crippen molar-refractivity contribution in [3.05, 3.63) is 23.8 Å². The van der Waals surface area contributed by atoms with E-state index in [0.29, 0.717) is 30.2 Å². The molecule has 0 unspecified atom stereocenters. The molecule has 0 spiro atoms. The van der Waals surface area contributed by atoms with Crippen molar-refractivity contribution in [3.63, 3.8) is 0 Å². The molecule has 0 bridgehead atoms. The highest BCUT2D eigenvalue weighted by Gasteiger charge is 2.24. The maximum absolute atomic E-state index is 12.2. The Hall–Kier alpha value is -2.04. The van der Waals surface area contributed by atoms with Gasteiger partial charge in [0.25, 0.3) is 5.91 Å². The number of rotatable bonds is 1. The lowest BCUT2D eigenvalue weighted by molar-refractivity contribution is -0.123. The molecule has 0 radical (unpaired) electrons. The van der Waals surface area contributed by atoms with Gasteiger partial charge in [-0.25, -0.2) is 0 Å². The van der Waals surface area contributed by atoms with Gasteiger partial charge in [-0.2, -0.15) is 0 Å². The van der Waals surface area contributed by atoms with Gasteiger partial charge in [0.05, 0.1) is 12.1 Å². The van der Waals surface area contributed by atoms with Crippen LogP contribution >= 0.6 is 0 Å². The van der Waals surface area contributed by atoms with Crippen molar-refractivity contribution in [3.8, 4) is 5.75 Å². The van der Waals surface area contributed by atoms with Crippen molar-refractivity contribution < 1.29 is 14.3 Å². The zero-order valence-electron chi connectivity index (χ0n) is 12.3. The molecule has 20 heavy (non-hydrogen) atoms. The lowest BCUT2D eigenvalue weighted by atomic mass is 9.95. The van der Waals surface area contributed by atoms with Gasteiger partial charge in [-0.3, -0.25) is 9.59 Å². The second-order valence-corrected chi connectivity index (χ2v) is 5.99. The average molecular weight is 276 g/mol. The predicted molar refractivity (Wildman–Crippen MR) is 77.0 cm³/mol. The molecule has 1 aliphatic heterocycles. The Bertz CT molecular complexity index is 547. The molecular formula is C15H20N2O3. The minimum atomic E-state index is -0.482. The molecule has 5 heteroatoms. The van der Waals surface area contributed by atoms with Crippen LogP contribution in [0.2, 0.25) is 0 Å². The maximum Gasteiger partial charge on any atom is 0.257 e. The fraction of sp³-hybridized carbons (Fsp3) is 0.467. The van der Waals surface area contributed by atoms with Crippen LogP contribution in [0.15, 0.2) is 18.2 Å². The third kappa shape index (κ3) is 2.92. The van der Waals surface area contributed by atoms with Gasteiger partial charge in [0.1, 0.15) is 12.4 Å². The van der Waals surface area contributed by atoms with Gasteiger partial charge in [0.15, 0.2) is 0 Å². The number of fused-ring (bicyclic) bond motifs is 1. The number of hydrogen-bond donors (Lipinski definition) is 1. The second-order valence-electron chi connectivity index (χ2n) is 5.99. The summed E-state index contributed by atoms with van der Waals surface area (Å²) in [6.07, 6.45) is 0. The standard InChI is InChI=1S/C15H20N2O3/c1-15(2,3)14(19)16-10-5-6-12-11(9-10)13(18)17(4)7-8-20-12/h5-6,9H,7-8H2,1-4H3,(H,16,19). The molecule has 1 aliphatic rings. The van der Waals surface area contributed by atoms with Gasteiger partial charge in [-0.15, -0.1) is 0 Å². The first kappa shape index (κ1) is 14.4. The summed E-state index contributed by atoms with van der Waals surface area (Å²) in [5.74, 6) is 0.380. The Kier molecular flexibility index (Phi) is 3.70. The number of anilines is 1. The van der Waals surface area contributed by atoms with E-state index in [-0.39, 0.29) is 11.8 Å². The summed E-state index contributed by atoms with van der Waals surface area (Å²) in [4.78, 5) is 25.8. The monoisotopic (exact) mass is 276 g/mol. The quantitative estimate of drug-likeness (QED) is 0.855. The van der Waals surface area contributed by atoms with Crippen LogP contribution in [0.5, 0.6) is 5.75 Å². The number of likely N-dealkylation sites (N-methyl/N-ethyl adjacent to an activating group) is 1. The van der Waals surface area contributed by atoms with Gasteiger partial charge < -0.3 is 15.0 Å². The van der Waals surface area contributed by atoms with E-state index in [1.807, 2.05) is 20.8 Å². The summed E-state index contributed by atoms with van der Waals surface area (Å²) in [5.41, 5.74) is 0.608. The number of nitrogens with one attached hydrogen (secondary N) is 1. The number of amides is 2. The van der Waals surface area contributed by atoms with Crippen LogP contribution in [0.4, 0.5) is 5.69 Å². The number of carbonyl (C=O) groups excluding carboxylic acids is 2. The molecule has 5 nitrogen and oxygen atoms in total. The highest BCUT2D eigenvalue weighted by Crippen LogP contribution is 2.27. The van der Waals surface area contributed by atoms with Crippen molar-refractivity contribution in [1.82, 2.24) is 4.90 Å². The molecule has 1 aromatic carbocycles. The minimum absolute atomic E-state index is 0.0900. The number of ether oxygens (including phenoxy) is 1. The molecule has 108 valence electrons. The third-order valence-electron chi connectivity index (χ3n) is 3.18. The molecule has 1 aromatic rings. The van der Waals surface area contributed by atoms with E-state index in [9.17, 15) is 9.59 Å². The Balaban J connectivity index is 2.29. The van der Waals surface area contributed by atoms with E-state index in [1.165, 1.54) is 0 Å². The molecule has 0 atom stereocenters. The lowest BCUT2D eigenvalue weighted by Crippen LogP contribution is -2.29. The summed E-state index contributed by atoms with van der Waals surface area (Å²) in [6.45, 7) is 6.55. The summed E-state index contributed by atoms with van der Waals surface area (Å²) < 4.78 is 5.54. The average Bonchev–Trinajstić information content (AvgIpc) is 2.50. The predicted octanol–water partition coefficient (Wildman–Crippen LogP) is 2.14. The topological polar surface area (TPSA) is 58.6 Å². The van der Waals surface area contributed by atoms with Gasteiger partial charge >= 0.3 is 0 Å². The molecule has 0 saturated heterocycles. The van der Waals surface area contributed by atoms with Crippen LogP contribution in [-0.2, 0) is 4.79 Å². The molecule has 0 aromatic heterocycles. The number of nitrogens with zero attached hydrogens (tertiary/aromatic N) is 1.